The lowest BCUT2D eigenvalue weighted by molar-refractivity contribution is 0.660. The Labute approximate surface area is 377 Å². The highest BCUT2D eigenvalue weighted by molar-refractivity contribution is 7.25. The van der Waals surface area contributed by atoms with Gasteiger partial charge in [-0.3, -0.25) is 0 Å². The summed E-state index contributed by atoms with van der Waals surface area (Å²) in [6.07, 6.45) is 0. The summed E-state index contributed by atoms with van der Waals surface area (Å²) < 4.78 is 2.60. The molecule has 0 atom stereocenters. The van der Waals surface area contributed by atoms with Crippen molar-refractivity contribution in [3.05, 3.63) is 230 Å². The molecule has 0 N–H and O–H groups in total. The van der Waals surface area contributed by atoms with Gasteiger partial charge in [-0.25, -0.2) is 9.97 Å². The molecule has 0 radical (unpaired) electrons. The van der Waals surface area contributed by atoms with Crippen molar-refractivity contribution in [1.29, 1.82) is 0 Å². The molecule has 0 aliphatic heterocycles. The van der Waals surface area contributed by atoms with E-state index in [4.69, 9.17) is 9.97 Å². The monoisotopic (exact) mass is 834 g/mol. The lowest BCUT2D eigenvalue weighted by atomic mass is 9.82. The van der Waals surface area contributed by atoms with E-state index in [1.807, 2.05) is 17.4 Å². The molecule has 3 heteroatoms. The maximum Gasteiger partial charge on any atom is 0.160 e. The summed E-state index contributed by atoms with van der Waals surface area (Å²) in [6, 6.07) is 79.2. The van der Waals surface area contributed by atoms with Crippen molar-refractivity contribution in [1.82, 2.24) is 9.97 Å². The fourth-order valence-electron chi connectivity index (χ4n) is 9.72. The standard InChI is InChI=1S/C61H42N2S/c1-61(2)54-22-11-9-20-50(54)52-36-45(28-30-55(52)61)40-24-26-41(27-25-40)56-38-57(63-60(62-56)42-16-7-4-8-17-42)49-34-47(44-19-13-18-43(32-44)39-14-5-3-6-15-39)33-48(35-49)46-29-31-59-53(37-46)51-21-10-12-23-58(51)64-59/h3-38H,1-2H3. The molecular formula is C61H42N2S. The first-order valence-corrected chi connectivity index (χ1v) is 22.8. The summed E-state index contributed by atoms with van der Waals surface area (Å²) in [5.41, 5.74) is 19.6. The summed E-state index contributed by atoms with van der Waals surface area (Å²) in [4.78, 5) is 10.6. The largest absolute Gasteiger partial charge is 0.228 e. The van der Waals surface area contributed by atoms with Crippen molar-refractivity contribution in [3.63, 3.8) is 0 Å². The van der Waals surface area contributed by atoms with Gasteiger partial charge in [0, 0.05) is 42.3 Å². The summed E-state index contributed by atoms with van der Waals surface area (Å²) in [7, 11) is 0. The van der Waals surface area contributed by atoms with Crippen LogP contribution in [-0.2, 0) is 5.41 Å². The van der Waals surface area contributed by atoms with Gasteiger partial charge in [-0.1, -0.05) is 178 Å². The van der Waals surface area contributed by atoms with Crippen LogP contribution in [0, 0.1) is 0 Å². The number of fused-ring (bicyclic) bond motifs is 6. The molecule has 0 saturated carbocycles. The summed E-state index contributed by atoms with van der Waals surface area (Å²) in [5, 5.41) is 2.57. The average Bonchev–Trinajstić information content (AvgIpc) is 3.85. The zero-order valence-electron chi connectivity index (χ0n) is 35.6. The van der Waals surface area contributed by atoms with Gasteiger partial charge < -0.3 is 0 Å². The Morgan fingerprint density at radius 2 is 0.812 bits per heavy atom. The number of rotatable bonds is 7. The van der Waals surface area contributed by atoms with Crippen LogP contribution in [0.1, 0.15) is 25.0 Å². The van der Waals surface area contributed by atoms with E-state index >= 15 is 0 Å². The molecule has 0 bridgehead atoms. The SMILES string of the molecule is CC1(C)c2ccccc2-c2cc(-c3ccc(-c4cc(-c5cc(-c6cccc(-c7ccccc7)c6)cc(-c6ccc7sc8ccccc8c7c6)c5)nc(-c5ccccc5)n4)cc3)ccc21. The van der Waals surface area contributed by atoms with Crippen LogP contribution in [-0.4, -0.2) is 9.97 Å². The van der Waals surface area contributed by atoms with Gasteiger partial charge in [0.15, 0.2) is 5.82 Å². The smallest absolute Gasteiger partial charge is 0.160 e. The van der Waals surface area contributed by atoms with Crippen molar-refractivity contribution in [3.8, 4) is 89.5 Å². The first kappa shape index (κ1) is 38.0. The molecule has 2 aromatic heterocycles. The van der Waals surface area contributed by atoms with Crippen LogP contribution in [0.4, 0.5) is 0 Å². The average molecular weight is 835 g/mol. The van der Waals surface area contributed by atoms with Gasteiger partial charge in [0.05, 0.1) is 11.4 Å². The lowest BCUT2D eigenvalue weighted by Crippen LogP contribution is -2.14. The molecule has 11 aromatic rings. The number of benzene rings is 9. The normalized spacial score (nSPS) is 12.7. The molecule has 0 fully saturated rings. The van der Waals surface area contributed by atoms with Crippen molar-refractivity contribution < 1.29 is 0 Å². The van der Waals surface area contributed by atoms with E-state index in [2.05, 4.69) is 226 Å². The molecule has 0 saturated heterocycles. The molecule has 1 aliphatic carbocycles. The second kappa shape index (κ2) is 15.3. The predicted octanol–water partition coefficient (Wildman–Crippen LogP) is 16.8. The Kier molecular flexibility index (Phi) is 9.06. The second-order valence-electron chi connectivity index (χ2n) is 17.4. The Bertz CT molecular complexity index is 3560. The molecule has 0 spiro atoms. The molecule has 9 aromatic carbocycles. The number of nitrogens with zero attached hydrogens (tertiary/aromatic N) is 2. The van der Waals surface area contributed by atoms with Gasteiger partial charge in [-0.2, -0.15) is 0 Å². The predicted molar refractivity (Wildman–Crippen MR) is 271 cm³/mol. The lowest BCUT2D eigenvalue weighted by Gasteiger charge is -2.21. The third-order valence-electron chi connectivity index (χ3n) is 13.1. The molecule has 12 rings (SSSR count). The number of hydrogen-bond acceptors (Lipinski definition) is 3. The van der Waals surface area contributed by atoms with Gasteiger partial charge >= 0.3 is 0 Å². The maximum absolute atomic E-state index is 5.34. The van der Waals surface area contributed by atoms with E-state index in [-0.39, 0.29) is 5.41 Å². The minimum absolute atomic E-state index is 0.0194. The van der Waals surface area contributed by atoms with E-state index in [1.54, 1.807) is 0 Å². The number of thiophene rings is 1. The van der Waals surface area contributed by atoms with Gasteiger partial charge in [-0.15, -0.1) is 11.3 Å². The molecule has 2 nitrogen and oxygen atoms in total. The molecule has 302 valence electrons. The molecule has 0 amide bonds. The molecule has 1 aliphatic rings. The van der Waals surface area contributed by atoms with Crippen LogP contribution in [0.3, 0.4) is 0 Å². The van der Waals surface area contributed by atoms with Gasteiger partial charge in [0.25, 0.3) is 0 Å². The van der Waals surface area contributed by atoms with Crippen molar-refractivity contribution in [2.45, 2.75) is 19.3 Å². The fraction of sp³-hybridized carbons (Fsp3) is 0.0492. The Morgan fingerprint density at radius 3 is 1.59 bits per heavy atom. The first-order chi connectivity index (χ1) is 31.4. The zero-order chi connectivity index (χ0) is 42.8. The highest BCUT2D eigenvalue weighted by Crippen LogP contribution is 2.49. The summed E-state index contributed by atoms with van der Waals surface area (Å²) in [5.74, 6) is 0.696. The van der Waals surface area contributed by atoms with Crippen molar-refractivity contribution >= 4 is 31.5 Å². The van der Waals surface area contributed by atoms with Crippen LogP contribution in [0.25, 0.3) is 110 Å². The quantitative estimate of drug-likeness (QED) is 0.160. The number of hydrogen-bond donors (Lipinski definition) is 0. The van der Waals surface area contributed by atoms with Gasteiger partial charge in [0.1, 0.15) is 0 Å². The third kappa shape index (κ3) is 6.64. The van der Waals surface area contributed by atoms with E-state index in [0.717, 1.165) is 44.8 Å². The van der Waals surface area contributed by atoms with E-state index in [0.29, 0.717) is 5.82 Å². The van der Waals surface area contributed by atoms with E-state index < -0.39 is 0 Å². The first-order valence-electron chi connectivity index (χ1n) is 22.0. The third-order valence-corrected chi connectivity index (χ3v) is 14.2. The van der Waals surface area contributed by atoms with E-state index in [1.165, 1.54) is 70.2 Å². The summed E-state index contributed by atoms with van der Waals surface area (Å²) in [6.45, 7) is 4.66. The molecule has 64 heavy (non-hydrogen) atoms. The summed E-state index contributed by atoms with van der Waals surface area (Å²) >= 11 is 1.85. The zero-order valence-corrected chi connectivity index (χ0v) is 36.4. The molecule has 2 heterocycles. The Hall–Kier alpha value is -7.72. The molecular weight excluding hydrogens is 793 g/mol. The minimum atomic E-state index is -0.0194. The molecule has 0 unspecified atom stereocenters. The Balaban J connectivity index is 0.995. The van der Waals surface area contributed by atoms with Crippen LogP contribution < -0.4 is 0 Å². The highest BCUT2D eigenvalue weighted by Gasteiger charge is 2.35. The van der Waals surface area contributed by atoms with E-state index in [9.17, 15) is 0 Å². The van der Waals surface area contributed by atoms with Gasteiger partial charge in [0.2, 0.25) is 0 Å². The highest BCUT2D eigenvalue weighted by atomic mass is 32.1. The van der Waals surface area contributed by atoms with Crippen molar-refractivity contribution in [2.75, 3.05) is 0 Å². The van der Waals surface area contributed by atoms with Crippen molar-refractivity contribution in [2.24, 2.45) is 0 Å². The maximum atomic E-state index is 5.34. The van der Waals surface area contributed by atoms with Crippen LogP contribution in [0.15, 0.2) is 218 Å². The number of aromatic nitrogens is 2. The minimum Gasteiger partial charge on any atom is -0.228 e. The fourth-order valence-corrected chi connectivity index (χ4v) is 10.8. The van der Waals surface area contributed by atoms with Crippen LogP contribution in [0.2, 0.25) is 0 Å². The topological polar surface area (TPSA) is 25.8 Å². The van der Waals surface area contributed by atoms with Gasteiger partial charge in [-0.05, 0) is 121 Å². The second-order valence-corrected chi connectivity index (χ2v) is 18.5. The van der Waals surface area contributed by atoms with Crippen LogP contribution in [0.5, 0.6) is 0 Å². The van der Waals surface area contributed by atoms with Crippen LogP contribution >= 0.6 is 11.3 Å². The Morgan fingerprint density at radius 1 is 0.312 bits per heavy atom.